The average molecular weight is 458 g/mol. The second-order valence-electron chi connectivity index (χ2n) is 7.21. The van der Waals surface area contributed by atoms with E-state index in [-0.39, 0.29) is 5.91 Å². The highest BCUT2D eigenvalue weighted by atomic mass is 32.2. The minimum atomic E-state index is -0.0550. The molecule has 0 bridgehead atoms. The van der Waals surface area contributed by atoms with E-state index < -0.39 is 0 Å². The number of hydrogen-bond acceptors (Lipinski definition) is 6. The summed E-state index contributed by atoms with van der Waals surface area (Å²) in [6.45, 7) is 7.69. The number of thioether (sulfide) groups is 1. The van der Waals surface area contributed by atoms with E-state index in [1.807, 2.05) is 43.3 Å². The minimum Gasteiger partial charge on any atom is -0.493 e. The molecule has 0 atom stereocenters. The van der Waals surface area contributed by atoms with Gasteiger partial charge in [0.2, 0.25) is 0 Å². The molecule has 0 unspecified atom stereocenters. The lowest BCUT2D eigenvalue weighted by Crippen LogP contribution is -2.27. The van der Waals surface area contributed by atoms with Crippen molar-refractivity contribution in [2.75, 3.05) is 26.9 Å². The molecule has 1 aliphatic rings. The molecule has 0 aliphatic carbocycles. The van der Waals surface area contributed by atoms with E-state index in [0.717, 1.165) is 17.7 Å². The van der Waals surface area contributed by atoms with Crippen LogP contribution in [0.1, 0.15) is 30.0 Å². The Morgan fingerprint density at radius 2 is 1.74 bits per heavy atom. The van der Waals surface area contributed by atoms with E-state index in [4.69, 9.17) is 26.4 Å². The molecule has 0 saturated carbocycles. The summed E-state index contributed by atoms with van der Waals surface area (Å²) in [6, 6.07) is 11.8. The normalized spacial score (nSPS) is 15.0. The summed E-state index contributed by atoms with van der Waals surface area (Å²) in [7, 11) is 1.60. The molecule has 5 nitrogen and oxygen atoms in total. The summed E-state index contributed by atoms with van der Waals surface area (Å²) in [6.07, 6.45) is 2.58. The molecule has 164 valence electrons. The average Bonchev–Trinajstić information content (AvgIpc) is 3.00. The zero-order valence-electron chi connectivity index (χ0n) is 18.3. The molecule has 31 heavy (non-hydrogen) atoms. The molecule has 2 aromatic carbocycles. The Balaban J connectivity index is 1.56. The van der Waals surface area contributed by atoms with Crippen molar-refractivity contribution in [2.45, 2.75) is 27.2 Å². The largest absolute Gasteiger partial charge is 0.493 e. The second-order valence-corrected chi connectivity index (χ2v) is 8.89. The predicted molar refractivity (Wildman–Crippen MR) is 130 cm³/mol. The third-order valence-electron chi connectivity index (χ3n) is 4.69. The first-order valence-corrected chi connectivity index (χ1v) is 11.4. The van der Waals surface area contributed by atoms with Crippen molar-refractivity contribution in [3.8, 4) is 17.2 Å². The smallest absolute Gasteiger partial charge is 0.266 e. The van der Waals surface area contributed by atoms with E-state index in [1.54, 1.807) is 12.0 Å². The van der Waals surface area contributed by atoms with Gasteiger partial charge in [-0.1, -0.05) is 36.1 Å². The van der Waals surface area contributed by atoms with Crippen LogP contribution in [0, 0.1) is 13.8 Å². The highest BCUT2D eigenvalue weighted by Crippen LogP contribution is 2.34. The van der Waals surface area contributed by atoms with Gasteiger partial charge in [0.15, 0.2) is 11.5 Å². The molecule has 0 N–H and O–H groups in total. The van der Waals surface area contributed by atoms with Gasteiger partial charge in [0.05, 0.1) is 25.2 Å². The summed E-state index contributed by atoms with van der Waals surface area (Å²) < 4.78 is 17.8. The van der Waals surface area contributed by atoms with Crippen LogP contribution in [0.3, 0.4) is 0 Å². The topological polar surface area (TPSA) is 48.0 Å². The molecule has 3 rings (SSSR count). The van der Waals surface area contributed by atoms with Crippen molar-refractivity contribution >= 4 is 40.3 Å². The van der Waals surface area contributed by atoms with Crippen LogP contribution < -0.4 is 14.2 Å². The molecule has 1 saturated heterocycles. The van der Waals surface area contributed by atoms with E-state index in [2.05, 4.69) is 19.9 Å². The SMILES string of the molecule is CCN1C(=O)/C(=C/c2ccc(OCCCOc3cc(C)cc(C)c3)c(OC)c2)SC1=S. The third-order valence-corrected chi connectivity index (χ3v) is 6.06. The quantitative estimate of drug-likeness (QED) is 0.286. The number of methoxy groups -OCH3 is 1. The lowest BCUT2D eigenvalue weighted by molar-refractivity contribution is -0.121. The lowest BCUT2D eigenvalue weighted by atomic mass is 10.1. The van der Waals surface area contributed by atoms with Gasteiger partial charge in [-0.3, -0.25) is 9.69 Å². The van der Waals surface area contributed by atoms with Crippen LogP contribution in [-0.2, 0) is 4.79 Å². The van der Waals surface area contributed by atoms with Gasteiger partial charge < -0.3 is 14.2 Å². The maximum Gasteiger partial charge on any atom is 0.266 e. The van der Waals surface area contributed by atoms with Gasteiger partial charge in [-0.2, -0.15) is 0 Å². The molecule has 0 spiro atoms. The molecule has 1 fully saturated rings. The second kappa shape index (κ2) is 10.7. The van der Waals surface area contributed by atoms with Gasteiger partial charge in [-0.05, 0) is 67.8 Å². The van der Waals surface area contributed by atoms with Crippen molar-refractivity contribution in [1.82, 2.24) is 4.90 Å². The monoisotopic (exact) mass is 457 g/mol. The number of ether oxygens (including phenoxy) is 3. The summed E-state index contributed by atoms with van der Waals surface area (Å²) >= 11 is 6.59. The Kier molecular flexibility index (Phi) is 7.98. The number of nitrogens with zero attached hydrogens (tertiary/aromatic N) is 1. The maximum absolute atomic E-state index is 12.4. The van der Waals surface area contributed by atoms with Crippen molar-refractivity contribution < 1.29 is 19.0 Å². The number of amides is 1. The molecule has 0 aromatic heterocycles. The first kappa shape index (κ1) is 23.2. The number of carbonyl (C=O) groups is 1. The number of thiocarbonyl (C=S) groups is 1. The van der Waals surface area contributed by atoms with E-state index >= 15 is 0 Å². The number of benzene rings is 2. The van der Waals surface area contributed by atoms with Gasteiger partial charge in [-0.25, -0.2) is 0 Å². The summed E-state index contributed by atoms with van der Waals surface area (Å²) in [5, 5.41) is 0. The minimum absolute atomic E-state index is 0.0550. The fourth-order valence-corrected chi connectivity index (χ4v) is 4.65. The van der Waals surface area contributed by atoms with Crippen molar-refractivity contribution in [3.63, 3.8) is 0 Å². The standard InChI is InChI=1S/C24H27NO4S2/c1-5-25-23(26)22(31-24(25)30)15-18-7-8-20(21(14-18)27-4)29-10-6-9-28-19-12-16(2)11-17(3)13-19/h7-8,11-15H,5-6,9-10H2,1-4H3/b22-15-. The molecular weight excluding hydrogens is 430 g/mol. The van der Waals surface area contributed by atoms with Crippen LogP contribution in [0.15, 0.2) is 41.3 Å². The van der Waals surface area contributed by atoms with Crippen LogP contribution in [-0.4, -0.2) is 42.0 Å². The zero-order chi connectivity index (χ0) is 22.4. The van der Waals surface area contributed by atoms with Crippen molar-refractivity contribution in [3.05, 3.63) is 58.0 Å². The van der Waals surface area contributed by atoms with Crippen molar-refractivity contribution in [2.24, 2.45) is 0 Å². The third kappa shape index (κ3) is 6.02. The maximum atomic E-state index is 12.4. The predicted octanol–water partition coefficient (Wildman–Crippen LogP) is 5.38. The Hall–Kier alpha value is -2.51. The first-order valence-electron chi connectivity index (χ1n) is 10.2. The zero-order valence-corrected chi connectivity index (χ0v) is 19.9. The van der Waals surface area contributed by atoms with E-state index in [1.165, 1.54) is 22.9 Å². The summed E-state index contributed by atoms with van der Waals surface area (Å²) in [4.78, 5) is 14.6. The van der Waals surface area contributed by atoms with Gasteiger partial charge in [0, 0.05) is 13.0 Å². The summed E-state index contributed by atoms with van der Waals surface area (Å²) in [5.41, 5.74) is 3.24. The Morgan fingerprint density at radius 1 is 1.03 bits per heavy atom. The molecule has 7 heteroatoms. The Labute approximate surface area is 193 Å². The van der Waals surface area contributed by atoms with Crippen LogP contribution >= 0.6 is 24.0 Å². The number of hydrogen-bond donors (Lipinski definition) is 0. The fraction of sp³-hybridized carbons (Fsp3) is 0.333. The molecule has 2 aromatic rings. The van der Waals surface area contributed by atoms with Crippen LogP contribution in [0.4, 0.5) is 0 Å². The van der Waals surface area contributed by atoms with Gasteiger partial charge >= 0.3 is 0 Å². The highest BCUT2D eigenvalue weighted by Gasteiger charge is 2.30. The fourth-order valence-electron chi connectivity index (χ4n) is 3.26. The molecule has 0 radical (unpaired) electrons. The van der Waals surface area contributed by atoms with E-state index in [9.17, 15) is 4.79 Å². The first-order chi connectivity index (χ1) is 14.9. The highest BCUT2D eigenvalue weighted by molar-refractivity contribution is 8.26. The number of aryl methyl sites for hydroxylation is 2. The van der Waals surface area contributed by atoms with Crippen LogP contribution in [0.5, 0.6) is 17.2 Å². The van der Waals surface area contributed by atoms with Crippen molar-refractivity contribution in [1.29, 1.82) is 0 Å². The molecular formula is C24H27NO4S2. The number of carbonyl (C=O) groups excluding carboxylic acids is 1. The molecule has 1 amide bonds. The summed E-state index contributed by atoms with van der Waals surface area (Å²) in [5.74, 6) is 2.11. The van der Waals surface area contributed by atoms with E-state index in [0.29, 0.717) is 40.5 Å². The van der Waals surface area contributed by atoms with Gasteiger partial charge in [0.1, 0.15) is 10.1 Å². The number of rotatable bonds is 9. The molecule has 1 aliphatic heterocycles. The van der Waals surface area contributed by atoms with Gasteiger partial charge in [0.25, 0.3) is 5.91 Å². The Morgan fingerprint density at radius 3 is 2.39 bits per heavy atom. The van der Waals surface area contributed by atoms with Gasteiger partial charge in [-0.15, -0.1) is 0 Å². The lowest BCUT2D eigenvalue weighted by Gasteiger charge is -2.12. The van der Waals surface area contributed by atoms with Crippen LogP contribution in [0.25, 0.3) is 6.08 Å². The van der Waals surface area contributed by atoms with Crippen LogP contribution in [0.2, 0.25) is 0 Å². The Bertz CT molecular complexity index is 983. The number of likely N-dealkylation sites (N-methyl/N-ethyl adjacent to an activating group) is 1. The molecule has 1 heterocycles.